The minimum atomic E-state index is -0.527. The zero-order valence-electron chi connectivity index (χ0n) is 8.40. The summed E-state index contributed by atoms with van der Waals surface area (Å²) in [5.74, 6) is 5.14. The molecule has 0 bridgehead atoms. The van der Waals surface area contributed by atoms with E-state index >= 15 is 0 Å². The lowest BCUT2D eigenvalue weighted by atomic mass is 10.1. The van der Waals surface area contributed by atoms with E-state index in [1.165, 1.54) is 6.07 Å². The van der Waals surface area contributed by atoms with Gasteiger partial charge in [-0.1, -0.05) is 23.4 Å². The van der Waals surface area contributed by atoms with Gasteiger partial charge in [-0.15, -0.1) is 0 Å². The Balaban J connectivity index is 2.88. The molecule has 0 saturated heterocycles. The zero-order chi connectivity index (χ0) is 11.3. The van der Waals surface area contributed by atoms with Crippen molar-refractivity contribution in [3.05, 3.63) is 28.5 Å². The molecule has 80 valence electrons. The zero-order valence-corrected chi connectivity index (χ0v) is 9.16. The molecule has 1 aromatic rings. The second-order valence-corrected chi connectivity index (χ2v) is 3.44. The van der Waals surface area contributed by atoms with E-state index in [1.54, 1.807) is 6.07 Å². The monoisotopic (exact) mass is 226 g/mol. The van der Waals surface area contributed by atoms with E-state index in [9.17, 15) is 4.39 Å². The predicted octanol–water partition coefficient (Wildman–Crippen LogP) is 2.02. The maximum Gasteiger partial charge on any atom is 0.148 e. The summed E-state index contributed by atoms with van der Waals surface area (Å²) >= 11 is 5.69. The van der Waals surface area contributed by atoms with E-state index < -0.39 is 5.82 Å². The van der Waals surface area contributed by atoms with Crippen molar-refractivity contribution in [1.82, 2.24) is 5.32 Å². The Morgan fingerprint density at radius 3 is 2.93 bits per heavy atom. The predicted molar refractivity (Wildman–Crippen MR) is 61.2 cm³/mol. The molecule has 0 spiro atoms. The number of nitrogens with one attached hydrogen (secondary N) is 1. The summed E-state index contributed by atoms with van der Waals surface area (Å²) in [6.45, 7) is 0.788. The second kappa shape index (κ2) is 5.59. The fourth-order valence-corrected chi connectivity index (χ4v) is 1.24. The number of hydrogen-bond donors (Lipinski definition) is 2. The number of benzene rings is 1. The standard InChI is InChI=1S/C11H12ClFN2/c1-15-5-3-2-4-8-6-9(12)7-10(13)11(8)14/h6-7,15H,3,5,14H2,1H3. The Hall–Kier alpha value is -1.24. The van der Waals surface area contributed by atoms with Crippen molar-refractivity contribution < 1.29 is 4.39 Å². The molecule has 0 fully saturated rings. The summed E-state index contributed by atoms with van der Waals surface area (Å²) in [5, 5.41) is 3.26. The summed E-state index contributed by atoms with van der Waals surface area (Å²) in [6, 6.07) is 2.74. The lowest BCUT2D eigenvalue weighted by Gasteiger charge is -2.00. The third-order valence-corrected chi connectivity index (χ3v) is 2.04. The molecule has 0 aliphatic rings. The van der Waals surface area contributed by atoms with Gasteiger partial charge in [-0.05, 0) is 19.2 Å². The molecule has 0 amide bonds. The third-order valence-electron chi connectivity index (χ3n) is 1.82. The molecule has 1 rings (SSSR count). The highest BCUT2D eigenvalue weighted by atomic mass is 35.5. The average Bonchev–Trinajstić information content (AvgIpc) is 2.19. The van der Waals surface area contributed by atoms with Crippen LogP contribution in [-0.2, 0) is 0 Å². The van der Waals surface area contributed by atoms with Gasteiger partial charge in [0, 0.05) is 18.0 Å². The van der Waals surface area contributed by atoms with Crippen molar-refractivity contribution in [2.45, 2.75) is 6.42 Å². The van der Waals surface area contributed by atoms with Crippen LogP contribution < -0.4 is 11.1 Å². The van der Waals surface area contributed by atoms with Gasteiger partial charge >= 0.3 is 0 Å². The smallest absolute Gasteiger partial charge is 0.148 e. The Bertz CT molecular complexity index is 407. The summed E-state index contributed by atoms with van der Waals surface area (Å²) in [4.78, 5) is 0. The van der Waals surface area contributed by atoms with E-state index in [0.717, 1.165) is 6.54 Å². The molecule has 0 unspecified atom stereocenters. The Morgan fingerprint density at radius 2 is 2.27 bits per heavy atom. The molecule has 3 N–H and O–H groups in total. The Labute approximate surface area is 93.6 Å². The highest BCUT2D eigenvalue weighted by molar-refractivity contribution is 6.30. The van der Waals surface area contributed by atoms with Gasteiger partial charge in [0.2, 0.25) is 0 Å². The maximum atomic E-state index is 13.1. The highest BCUT2D eigenvalue weighted by Crippen LogP contribution is 2.21. The molecule has 0 atom stereocenters. The number of halogens is 2. The number of nitrogen functional groups attached to an aromatic ring is 1. The molecule has 4 heteroatoms. The lowest BCUT2D eigenvalue weighted by molar-refractivity contribution is 0.632. The molecule has 15 heavy (non-hydrogen) atoms. The fraction of sp³-hybridized carbons (Fsp3) is 0.273. The van der Waals surface area contributed by atoms with Crippen molar-refractivity contribution in [3.8, 4) is 11.8 Å². The van der Waals surface area contributed by atoms with Gasteiger partial charge in [0.15, 0.2) is 0 Å². The van der Waals surface area contributed by atoms with Crippen LogP contribution >= 0.6 is 11.6 Å². The lowest BCUT2D eigenvalue weighted by Crippen LogP contribution is -2.06. The van der Waals surface area contributed by atoms with E-state index in [1.807, 2.05) is 7.05 Å². The quantitative estimate of drug-likeness (QED) is 0.460. The molecule has 0 heterocycles. The molecule has 0 radical (unpaired) electrons. The van der Waals surface area contributed by atoms with Gasteiger partial charge in [0.1, 0.15) is 5.82 Å². The summed E-state index contributed by atoms with van der Waals surface area (Å²) in [5.41, 5.74) is 6.01. The first-order chi connectivity index (χ1) is 7.15. The van der Waals surface area contributed by atoms with Crippen molar-refractivity contribution in [1.29, 1.82) is 0 Å². The van der Waals surface area contributed by atoms with Crippen LogP contribution in [0.1, 0.15) is 12.0 Å². The van der Waals surface area contributed by atoms with Crippen LogP contribution in [0, 0.1) is 17.7 Å². The molecule has 1 aromatic carbocycles. The van der Waals surface area contributed by atoms with Crippen LogP contribution in [0.2, 0.25) is 5.02 Å². The van der Waals surface area contributed by atoms with Gasteiger partial charge < -0.3 is 11.1 Å². The van der Waals surface area contributed by atoms with Crippen molar-refractivity contribution in [2.75, 3.05) is 19.3 Å². The third kappa shape index (κ3) is 3.43. The fourth-order valence-electron chi connectivity index (χ4n) is 1.03. The highest BCUT2D eigenvalue weighted by Gasteiger charge is 2.04. The molecular formula is C11H12ClFN2. The Morgan fingerprint density at radius 1 is 1.53 bits per heavy atom. The normalized spacial score (nSPS) is 9.53. The van der Waals surface area contributed by atoms with Gasteiger partial charge in [0.25, 0.3) is 0 Å². The van der Waals surface area contributed by atoms with Crippen LogP contribution in [-0.4, -0.2) is 13.6 Å². The Kier molecular flexibility index (Phi) is 4.41. The van der Waals surface area contributed by atoms with Crippen molar-refractivity contribution >= 4 is 17.3 Å². The summed E-state index contributed by atoms with van der Waals surface area (Å²) in [7, 11) is 1.84. The largest absolute Gasteiger partial charge is 0.395 e. The molecule has 0 aromatic heterocycles. The van der Waals surface area contributed by atoms with E-state index in [0.29, 0.717) is 17.0 Å². The van der Waals surface area contributed by atoms with E-state index in [-0.39, 0.29) is 5.69 Å². The second-order valence-electron chi connectivity index (χ2n) is 3.00. The van der Waals surface area contributed by atoms with Crippen LogP contribution in [0.15, 0.2) is 12.1 Å². The molecule has 0 aliphatic carbocycles. The average molecular weight is 227 g/mol. The van der Waals surface area contributed by atoms with Gasteiger partial charge in [0.05, 0.1) is 11.3 Å². The molecule has 0 saturated carbocycles. The maximum absolute atomic E-state index is 13.1. The van der Waals surface area contributed by atoms with Crippen molar-refractivity contribution in [2.24, 2.45) is 0 Å². The van der Waals surface area contributed by atoms with Crippen LogP contribution in [0.25, 0.3) is 0 Å². The van der Waals surface area contributed by atoms with Crippen LogP contribution in [0.5, 0.6) is 0 Å². The first-order valence-corrected chi connectivity index (χ1v) is 4.91. The van der Waals surface area contributed by atoms with Crippen molar-refractivity contribution in [3.63, 3.8) is 0 Å². The first-order valence-electron chi connectivity index (χ1n) is 4.53. The van der Waals surface area contributed by atoms with Crippen LogP contribution in [0.4, 0.5) is 10.1 Å². The summed E-state index contributed by atoms with van der Waals surface area (Å²) < 4.78 is 13.1. The van der Waals surface area contributed by atoms with Gasteiger partial charge in [-0.2, -0.15) is 0 Å². The molecular weight excluding hydrogens is 215 g/mol. The number of nitrogens with two attached hydrogens (primary N) is 1. The van der Waals surface area contributed by atoms with E-state index in [2.05, 4.69) is 17.2 Å². The number of anilines is 1. The SMILES string of the molecule is CNCCC#Cc1cc(Cl)cc(F)c1N. The molecule has 2 nitrogen and oxygen atoms in total. The molecule has 0 aliphatic heterocycles. The number of rotatable bonds is 2. The van der Waals surface area contributed by atoms with Gasteiger partial charge in [-0.3, -0.25) is 0 Å². The number of hydrogen-bond acceptors (Lipinski definition) is 2. The topological polar surface area (TPSA) is 38.0 Å². The minimum Gasteiger partial charge on any atom is -0.395 e. The van der Waals surface area contributed by atoms with Gasteiger partial charge in [-0.25, -0.2) is 4.39 Å². The first kappa shape index (κ1) is 11.8. The van der Waals surface area contributed by atoms with Crippen LogP contribution in [0.3, 0.4) is 0 Å². The summed E-state index contributed by atoms with van der Waals surface area (Å²) in [6.07, 6.45) is 0.685. The minimum absolute atomic E-state index is 0.0522. The van der Waals surface area contributed by atoms with E-state index in [4.69, 9.17) is 17.3 Å².